The molecule has 4 bridgehead atoms. The number of benzene rings is 1. The Morgan fingerprint density at radius 3 is 2.50 bits per heavy atom. The normalized spacial score (nSPS) is 34.1. The summed E-state index contributed by atoms with van der Waals surface area (Å²) in [5, 5.41) is 14.1. The summed E-state index contributed by atoms with van der Waals surface area (Å²) < 4.78 is 21.8. The minimum atomic E-state index is -0.490. The average Bonchev–Trinajstić information content (AvgIpc) is 3.29. The summed E-state index contributed by atoms with van der Waals surface area (Å²) in [6, 6.07) is 3.03. The summed E-state index contributed by atoms with van der Waals surface area (Å²) in [6.07, 6.45) is 11.8. The molecule has 2 aromatic rings. The van der Waals surface area contributed by atoms with Crippen molar-refractivity contribution in [2.75, 3.05) is 13.2 Å². The van der Waals surface area contributed by atoms with Crippen LogP contribution in [-0.4, -0.2) is 44.6 Å². The molecule has 5 aliphatic carbocycles. The number of aromatic amines is 1. The maximum atomic E-state index is 15.4. The number of rotatable bonds is 6. The second kappa shape index (κ2) is 7.75. The maximum absolute atomic E-state index is 15.4. The molecule has 8 rings (SSSR count). The standard InChI is InChI=1S/C26H32FN5O2/c27-21-10-23(34-14-26-11-15-6-16(12-26)8-17(7-15)13-26)19(18-3-4-18)9-20(21)25(33)32-5-1-2-22(32)24-28-30-31-29-24/h9-10,15-18,22H,1-8,11-14H2,(H,28,29,30,31). The van der Waals surface area contributed by atoms with Gasteiger partial charge >= 0.3 is 0 Å². The van der Waals surface area contributed by atoms with Gasteiger partial charge in [-0.3, -0.25) is 4.79 Å². The topological polar surface area (TPSA) is 84.0 Å². The molecule has 1 aromatic carbocycles. The number of H-pyrrole nitrogens is 1. The Bertz CT molecular complexity index is 1060. The number of aromatic nitrogens is 4. The summed E-state index contributed by atoms with van der Waals surface area (Å²) in [5.74, 6) is 3.40. The number of likely N-dealkylation sites (tertiary alicyclic amines) is 1. The van der Waals surface area contributed by atoms with E-state index in [1.54, 1.807) is 11.0 Å². The van der Waals surface area contributed by atoms with Crippen LogP contribution in [-0.2, 0) is 0 Å². The van der Waals surface area contributed by atoms with E-state index in [0.717, 1.165) is 49.0 Å². The molecule has 0 spiro atoms. The van der Waals surface area contributed by atoms with E-state index >= 15 is 4.39 Å². The summed E-state index contributed by atoms with van der Waals surface area (Å²) in [5.41, 5.74) is 1.42. The summed E-state index contributed by atoms with van der Waals surface area (Å²) in [6.45, 7) is 1.27. The Balaban J connectivity index is 1.14. The zero-order valence-electron chi connectivity index (χ0n) is 19.5. The third-order valence-electron chi connectivity index (χ3n) is 9.24. The van der Waals surface area contributed by atoms with Crippen molar-refractivity contribution in [3.8, 4) is 5.75 Å². The van der Waals surface area contributed by atoms with Crippen LogP contribution in [0.2, 0.25) is 0 Å². The highest BCUT2D eigenvalue weighted by molar-refractivity contribution is 5.95. The molecule has 1 aromatic heterocycles. The molecule has 0 radical (unpaired) electrons. The second-order valence-electron chi connectivity index (χ2n) is 11.8. The van der Waals surface area contributed by atoms with Gasteiger partial charge in [0, 0.05) is 18.0 Å². The van der Waals surface area contributed by atoms with Gasteiger partial charge in [0.25, 0.3) is 5.91 Å². The van der Waals surface area contributed by atoms with E-state index in [2.05, 4.69) is 20.6 Å². The third kappa shape index (κ3) is 3.52. The number of hydrogen-bond donors (Lipinski definition) is 1. The number of carbonyl (C=O) groups excluding carboxylic acids is 1. The van der Waals surface area contributed by atoms with E-state index in [4.69, 9.17) is 4.74 Å². The molecular weight excluding hydrogens is 433 g/mol. The first-order valence-corrected chi connectivity index (χ1v) is 13.1. The average molecular weight is 466 g/mol. The van der Waals surface area contributed by atoms with Gasteiger partial charge in [0.1, 0.15) is 11.6 Å². The molecule has 34 heavy (non-hydrogen) atoms. The van der Waals surface area contributed by atoms with Gasteiger partial charge in [0.15, 0.2) is 5.82 Å². The van der Waals surface area contributed by atoms with Crippen LogP contribution < -0.4 is 4.74 Å². The zero-order valence-corrected chi connectivity index (χ0v) is 19.5. The molecule has 1 saturated heterocycles. The predicted octanol–water partition coefficient (Wildman–Crippen LogP) is 4.79. The van der Waals surface area contributed by atoms with Gasteiger partial charge in [0.05, 0.1) is 18.2 Å². The van der Waals surface area contributed by atoms with Crippen LogP contribution in [0.15, 0.2) is 12.1 Å². The summed E-state index contributed by atoms with van der Waals surface area (Å²) in [7, 11) is 0. The fraction of sp³-hybridized carbons (Fsp3) is 0.692. The first-order chi connectivity index (χ1) is 16.6. The molecule has 2 heterocycles. The Kier molecular flexibility index (Phi) is 4.75. The van der Waals surface area contributed by atoms with Crippen LogP contribution >= 0.6 is 0 Å². The molecule has 1 unspecified atom stereocenters. The fourth-order valence-corrected chi connectivity index (χ4v) is 8.03. The van der Waals surface area contributed by atoms with Crippen LogP contribution in [0, 0.1) is 29.0 Å². The lowest BCUT2D eigenvalue weighted by Gasteiger charge is -2.56. The smallest absolute Gasteiger partial charge is 0.257 e. The van der Waals surface area contributed by atoms with Crippen molar-refractivity contribution in [2.24, 2.45) is 23.2 Å². The molecule has 7 nitrogen and oxygen atoms in total. The van der Waals surface area contributed by atoms with Crippen molar-refractivity contribution in [1.29, 1.82) is 0 Å². The number of nitrogens with one attached hydrogen (secondary N) is 1. The first kappa shape index (κ1) is 20.8. The SMILES string of the molecule is O=C(c1cc(C2CC2)c(OCC23CC4CC(CC(C4)C2)C3)cc1F)N1CCCC1c1nnn[nH]1. The number of halogens is 1. The van der Waals surface area contributed by atoms with Crippen molar-refractivity contribution in [3.05, 3.63) is 34.9 Å². The Morgan fingerprint density at radius 2 is 1.85 bits per heavy atom. The molecule has 180 valence electrons. The minimum Gasteiger partial charge on any atom is -0.493 e. The first-order valence-electron chi connectivity index (χ1n) is 13.1. The molecule has 1 aliphatic heterocycles. The summed E-state index contributed by atoms with van der Waals surface area (Å²) >= 11 is 0. The van der Waals surface area contributed by atoms with Crippen LogP contribution in [0.3, 0.4) is 0 Å². The molecule has 8 heteroatoms. The lowest BCUT2D eigenvalue weighted by molar-refractivity contribution is -0.0747. The Morgan fingerprint density at radius 1 is 1.12 bits per heavy atom. The van der Waals surface area contributed by atoms with E-state index < -0.39 is 5.82 Å². The van der Waals surface area contributed by atoms with Gasteiger partial charge < -0.3 is 9.64 Å². The Hall–Kier alpha value is -2.51. The van der Waals surface area contributed by atoms with Crippen molar-refractivity contribution in [2.45, 2.75) is 76.2 Å². The molecule has 6 fully saturated rings. The lowest BCUT2D eigenvalue weighted by Crippen LogP contribution is -2.48. The van der Waals surface area contributed by atoms with Crippen LogP contribution in [0.1, 0.15) is 97.9 Å². The van der Waals surface area contributed by atoms with Crippen molar-refractivity contribution >= 4 is 5.91 Å². The van der Waals surface area contributed by atoms with E-state index in [1.807, 2.05) is 0 Å². The molecule has 5 saturated carbocycles. The molecule has 6 aliphatic rings. The second-order valence-corrected chi connectivity index (χ2v) is 11.8. The van der Waals surface area contributed by atoms with Gasteiger partial charge in [-0.05, 0) is 110 Å². The quantitative estimate of drug-likeness (QED) is 0.663. The van der Waals surface area contributed by atoms with Gasteiger partial charge in [-0.25, -0.2) is 9.49 Å². The van der Waals surface area contributed by atoms with E-state index in [0.29, 0.717) is 30.6 Å². The summed E-state index contributed by atoms with van der Waals surface area (Å²) in [4.78, 5) is 15.1. The molecular formula is C26H32FN5O2. The minimum absolute atomic E-state index is 0.142. The number of tetrazole rings is 1. The number of nitrogens with zero attached hydrogens (tertiary/aromatic N) is 4. The fourth-order valence-electron chi connectivity index (χ4n) is 8.03. The molecule has 1 atom stereocenters. The van der Waals surface area contributed by atoms with Gasteiger partial charge in [-0.2, -0.15) is 0 Å². The van der Waals surface area contributed by atoms with Gasteiger partial charge in [-0.1, -0.05) is 0 Å². The van der Waals surface area contributed by atoms with Crippen molar-refractivity contribution in [1.82, 2.24) is 25.5 Å². The van der Waals surface area contributed by atoms with Gasteiger partial charge in [-0.15, -0.1) is 5.10 Å². The molecule has 1 N–H and O–H groups in total. The number of hydrogen-bond acceptors (Lipinski definition) is 5. The molecule has 1 amide bonds. The highest BCUT2D eigenvalue weighted by Crippen LogP contribution is 2.60. The monoisotopic (exact) mass is 465 g/mol. The van der Waals surface area contributed by atoms with Crippen LogP contribution in [0.5, 0.6) is 5.75 Å². The third-order valence-corrected chi connectivity index (χ3v) is 9.24. The maximum Gasteiger partial charge on any atom is 0.257 e. The van der Waals surface area contributed by atoms with Crippen LogP contribution in [0.25, 0.3) is 0 Å². The largest absolute Gasteiger partial charge is 0.493 e. The zero-order chi connectivity index (χ0) is 22.9. The number of ether oxygens (including phenoxy) is 1. The van der Waals surface area contributed by atoms with E-state index in [-0.39, 0.29) is 22.9 Å². The van der Waals surface area contributed by atoms with E-state index in [9.17, 15) is 4.79 Å². The van der Waals surface area contributed by atoms with Gasteiger partial charge in [0.2, 0.25) is 0 Å². The van der Waals surface area contributed by atoms with Crippen molar-refractivity contribution < 1.29 is 13.9 Å². The highest BCUT2D eigenvalue weighted by atomic mass is 19.1. The number of amides is 1. The van der Waals surface area contributed by atoms with Crippen molar-refractivity contribution in [3.63, 3.8) is 0 Å². The lowest BCUT2D eigenvalue weighted by atomic mass is 9.50. The predicted molar refractivity (Wildman–Crippen MR) is 122 cm³/mol. The number of carbonyl (C=O) groups is 1. The Labute approximate surface area is 198 Å². The van der Waals surface area contributed by atoms with Crippen LogP contribution in [0.4, 0.5) is 4.39 Å². The van der Waals surface area contributed by atoms with E-state index in [1.165, 1.54) is 44.6 Å². The highest BCUT2D eigenvalue weighted by Gasteiger charge is 2.51.